The summed E-state index contributed by atoms with van der Waals surface area (Å²) >= 11 is 0. The van der Waals surface area contributed by atoms with Crippen molar-refractivity contribution >= 4 is 11.9 Å². The van der Waals surface area contributed by atoms with Gasteiger partial charge in [0, 0.05) is 32.3 Å². The van der Waals surface area contributed by atoms with E-state index in [0.29, 0.717) is 12.8 Å². The Balaban J connectivity index is -0.000000372. The van der Waals surface area contributed by atoms with Gasteiger partial charge in [-0.05, 0) is 51.4 Å². The van der Waals surface area contributed by atoms with E-state index >= 15 is 0 Å². The van der Waals surface area contributed by atoms with Crippen LogP contribution in [-0.2, 0) is 29.1 Å². The van der Waals surface area contributed by atoms with E-state index in [1.807, 2.05) is 0 Å². The molecule has 0 unspecified atom stereocenters. The van der Waals surface area contributed by atoms with Crippen molar-refractivity contribution in [3.63, 3.8) is 0 Å². The minimum Gasteiger partial charge on any atom is -0.481 e. The molecule has 25 heavy (non-hydrogen) atoms. The van der Waals surface area contributed by atoms with Crippen molar-refractivity contribution in [2.75, 3.05) is 0 Å². The Morgan fingerprint density at radius 1 is 0.640 bits per heavy atom. The molecule has 0 bridgehead atoms. The van der Waals surface area contributed by atoms with Crippen molar-refractivity contribution in [3.05, 3.63) is 24.3 Å². The van der Waals surface area contributed by atoms with Crippen LogP contribution in [-0.4, -0.2) is 22.2 Å². The standard InChI is InChI=1S/2C10H18O2.Zn/c2*1-2-3-4-5-6-7-8-9-10(11)12;/h2*3-4H,2,5-9H2,1H3,(H,11,12);. The molecule has 0 aliphatic rings. The van der Waals surface area contributed by atoms with E-state index in [9.17, 15) is 9.59 Å². The van der Waals surface area contributed by atoms with Gasteiger partial charge < -0.3 is 10.2 Å². The van der Waals surface area contributed by atoms with Gasteiger partial charge in [-0.2, -0.15) is 0 Å². The van der Waals surface area contributed by atoms with Crippen molar-refractivity contribution < 1.29 is 39.3 Å². The minimum absolute atomic E-state index is 0. The average Bonchev–Trinajstić information content (AvgIpc) is 2.53. The zero-order valence-electron chi connectivity index (χ0n) is 16.2. The molecule has 0 aliphatic heterocycles. The number of unbranched alkanes of at least 4 members (excludes halogenated alkanes) is 6. The second kappa shape index (κ2) is 25.3. The summed E-state index contributed by atoms with van der Waals surface area (Å²) in [7, 11) is 0. The maximum Gasteiger partial charge on any atom is 0.303 e. The van der Waals surface area contributed by atoms with Crippen LogP contribution in [0.1, 0.15) is 90.9 Å². The zero-order valence-corrected chi connectivity index (χ0v) is 19.2. The Hall–Kier alpha value is -0.957. The molecule has 0 fully saturated rings. The van der Waals surface area contributed by atoms with E-state index in [1.54, 1.807) is 0 Å². The maximum absolute atomic E-state index is 10.1. The van der Waals surface area contributed by atoms with Gasteiger partial charge in [-0.1, -0.05) is 51.0 Å². The Morgan fingerprint density at radius 2 is 1.00 bits per heavy atom. The molecule has 4 nitrogen and oxygen atoms in total. The van der Waals surface area contributed by atoms with E-state index in [4.69, 9.17) is 10.2 Å². The van der Waals surface area contributed by atoms with Gasteiger partial charge in [0.15, 0.2) is 0 Å². The number of aliphatic carboxylic acids is 2. The molecule has 142 valence electrons. The normalized spacial score (nSPS) is 10.3. The predicted molar refractivity (Wildman–Crippen MR) is 100 cm³/mol. The first-order chi connectivity index (χ1) is 11.5. The van der Waals surface area contributed by atoms with E-state index in [2.05, 4.69) is 38.2 Å². The smallest absolute Gasteiger partial charge is 0.303 e. The van der Waals surface area contributed by atoms with E-state index < -0.39 is 11.9 Å². The van der Waals surface area contributed by atoms with Crippen molar-refractivity contribution in [1.82, 2.24) is 0 Å². The largest absolute Gasteiger partial charge is 0.481 e. The Bertz CT molecular complexity index is 318. The average molecular weight is 406 g/mol. The van der Waals surface area contributed by atoms with Gasteiger partial charge >= 0.3 is 11.9 Å². The van der Waals surface area contributed by atoms with Crippen LogP contribution in [0.5, 0.6) is 0 Å². The monoisotopic (exact) mass is 404 g/mol. The fourth-order valence-corrected chi connectivity index (χ4v) is 2.00. The third kappa shape index (κ3) is 35.1. The fraction of sp³-hybridized carbons (Fsp3) is 0.700. The summed E-state index contributed by atoms with van der Waals surface area (Å²) < 4.78 is 0. The summed E-state index contributed by atoms with van der Waals surface area (Å²) in [6.45, 7) is 4.22. The van der Waals surface area contributed by atoms with Crippen LogP contribution in [0.3, 0.4) is 0 Å². The summed E-state index contributed by atoms with van der Waals surface area (Å²) in [5, 5.41) is 16.7. The topological polar surface area (TPSA) is 74.6 Å². The Morgan fingerprint density at radius 3 is 1.28 bits per heavy atom. The van der Waals surface area contributed by atoms with Crippen LogP contribution >= 0.6 is 0 Å². The molecule has 0 radical (unpaired) electrons. The molecule has 0 atom stereocenters. The van der Waals surface area contributed by atoms with Gasteiger partial charge in [-0.15, -0.1) is 0 Å². The van der Waals surface area contributed by atoms with Crippen LogP contribution in [0.4, 0.5) is 0 Å². The van der Waals surface area contributed by atoms with Gasteiger partial charge in [0.1, 0.15) is 0 Å². The third-order valence-corrected chi connectivity index (χ3v) is 3.33. The summed E-state index contributed by atoms with van der Waals surface area (Å²) in [6, 6.07) is 0. The molecule has 0 saturated heterocycles. The molecular weight excluding hydrogens is 370 g/mol. The van der Waals surface area contributed by atoms with Gasteiger partial charge in [0.05, 0.1) is 0 Å². The molecule has 0 aliphatic carbocycles. The van der Waals surface area contributed by atoms with Gasteiger partial charge in [0.25, 0.3) is 0 Å². The van der Waals surface area contributed by atoms with Gasteiger partial charge in [-0.3, -0.25) is 9.59 Å². The molecule has 0 spiro atoms. The number of hydrogen-bond acceptors (Lipinski definition) is 2. The number of carboxylic acid groups (broad SMARTS) is 2. The summed E-state index contributed by atoms with van der Waals surface area (Å²) in [6.07, 6.45) is 19.6. The first kappa shape index (κ1) is 28.8. The fourth-order valence-electron chi connectivity index (χ4n) is 2.00. The van der Waals surface area contributed by atoms with Crippen molar-refractivity contribution in [1.29, 1.82) is 0 Å². The maximum atomic E-state index is 10.1. The SMILES string of the molecule is CCC=CCCCCCC(=O)O.CCC=CCCCCCC(=O)O.[Zn]. The second-order valence-corrected chi connectivity index (χ2v) is 5.75. The molecule has 0 aromatic rings. The van der Waals surface area contributed by atoms with Crippen LogP contribution in [0.15, 0.2) is 24.3 Å². The molecule has 0 heterocycles. The molecule has 0 amide bonds. The molecule has 2 N–H and O–H groups in total. The first-order valence-corrected chi connectivity index (χ1v) is 9.28. The van der Waals surface area contributed by atoms with E-state index in [1.165, 1.54) is 0 Å². The molecule has 0 aromatic carbocycles. The number of carbonyl (C=O) groups is 2. The first-order valence-electron chi connectivity index (χ1n) is 9.28. The zero-order chi connectivity index (χ0) is 18.5. The summed E-state index contributed by atoms with van der Waals surface area (Å²) in [5.74, 6) is -1.36. The van der Waals surface area contributed by atoms with Crippen molar-refractivity contribution in [3.8, 4) is 0 Å². The van der Waals surface area contributed by atoms with Crippen LogP contribution in [0.2, 0.25) is 0 Å². The molecule has 5 heteroatoms. The Labute approximate surface area is 166 Å². The van der Waals surface area contributed by atoms with Crippen molar-refractivity contribution in [2.24, 2.45) is 0 Å². The molecule has 0 saturated carbocycles. The molecular formula is C20H36O4Zn. The third-order valence-electron chi connectivity index (χ3n) is 3.33. The second-order valence-electron chi connectivity index (χ2n) is 5.75. The van der Waals surface area contributed by atoms with Crippen LogP contribution in [0.25, 0.3) is 0 Å². The van der Waals surface area contributed by atoms with Crippen molar-refractivity contribution in [2.45, 2.75) is 90.9 Å². The van der Waals surface area contributed by atoms with Gasteiger partial charge in [-0.25, -0.2) is 0 Å². The van der Waals surface area contributed by atoms with E-state index in [-0.39, 0.29) is 19.5 Å². The van der Waals surface area contributed by atoms with E-state index in [0.717, 1.165) is 64.2 Å². The Kier molecular flexibility index (Phi) is 29.2. The quantitative estimate of drug-likeness (QED) is 0.212. The molecule has 0 aromatic heterocycles. The summed E-state index contributed by atoms with van der Waals surface area (Å²) in [5.41, 5.74) is 0. The van der Waals surface area contributed by atoms with Crippen LogP contribution < -0.4 is 0 Å². The number of rotatable bonds is 14. The number of carboxylic acids is 2. The predicted octanol–water partition coefficient (Wildman–Crippen LogP) is 5.97. The van der Waals surface area contributed by atoms with Gasteiger partial charge in [0.2, 0.25) is 0 Å². The molecule has 0 rings (SSSR count). The number of hydrogen-bond donors (Lipinski definition) is 2. The number of allylic oxidation sites excluding steroid dienone is 4. The van der Waals surface area contributed by atoms with Crippen LogP contribution in [0, 0.1) is 0 Å². The minimum atomic E-state index is -0.681. The summed E-state index contributed by atoms with van der Waals surface area (Å²) in [4.78, 5) is 20.2.